The van der Waals surface area contributed by atoms with Crippen LogP contribution in [-0.2, 0) is 6.54 Å². The summed E-state index contributed by atoms with van der Waals surface area (Å²) in [7, 11) is 0. The molecule has 19 heavy (non-hydrogen) atoms. The molecule has 3 heteroatoms. The Labute approximate surface area is 117 Å². The molecular formula is C16H29N3. The van der Waals surface area contributed by atoms with Gasteiger partial charge in [-0.05, 0) is 25.2 Å². The van der Waals surface area contributed by atoms with Crippen molar-refractivity contribution in [2.45, 2.75) is 78.2 Å². The molecule has 1 aliphatic rings. The standard InChI is InChI=1S/C16H29N3/c1-5-12(4)14-15(17)19(10-11(2)3)16(18-14)13-8-6-7-9-13/h11-13H,5-10,17H2,1-4H3. The summed E-state index contributed by atoms with van der Waals surface area (Å²) in [4.78, 5) is 4.95. The van der Waals surface area contributed by atoms with Gasteiger partial charge < -0.3 is 10.3 Å². The van der Waals surface area contributed by atoms with E-state index < -0.39 is 0 Å². The lowest BCUT2D eigenvalue weighted by molar-refractivity contribution is 0.492. The Hall–Kier alpha value is -0.990. The Bertz CT molecular complexity index is 414. The maximum Gasteiger partial charge on any atom is 0.127 e. The van der Waals surface area contributed by atoms with Crippen molar-refractivity contribution in [1.82, 2.24) is 9.55 Å². The van der Waals surface area contributed by atoms with Crippen molar-refractivity contribution >= 4 is 5.82 Å². The Balaban J connectivity index is 2.38. The highest BCUT2D eigenvalue weighted by Crippen LogP contribution is 2.37. The van der Waals surface area contributed by atoms with Crippen LogP contribution in [0, 0.1) is 5.92 Å². The molecule has 1 aromatic rings. The average molecular weight is 263 g/mol. The summed E-state index contributed by atoms with van der Waals surface area (Å²) in [5.41, 5.74) is 7.53. The van der Waals surface area contributed by atoms with Gasteiger partial charge in [0.15, 0.2) is 0 Å². The summed E-state index contributed by atoms with van der Waals surface area (Å²) in [6.07, 6.45) is 6.37. The van der Waals surface area contributed by atoms with Gasteiger partial charge in [-0.15, -0.1) is 0 Å². The molecule has 2 rings (SSSR count). The first-order chi connectivity index (χ1) is 9.04. The number of nitrogen functional groups attached to an aromatic ring is 1. The van der Waals surface area contributed by atoms with Crippen LogP contribution < -0.4 is 5.73 Å². The molecule has 0 aliphatic heterocycles. The second kappa shape index (κ2) is 5.98. The van der Waals surface area contributed by atoms with Crippen molar-refractivity contribution in [1.29, 1.82) is 0 Å². The molecule has 0 amide bonds. The van der Waals surface area contributed by atoms with E-state index in [0.29, 0.717) is 17.8 Å². The van der Waals surface area contributed by atoms with E-state index in [2.05, 4.69) is 32.3 Å². The van der Waals surface area contributed by atoms with Crippen LogP contribution in [0.15, 0.2) is 0 Å². The summed E-state index contributed by atoms with van der Waals surface area (Å²) in [6.45, 7) is 9.94. The molecule has 1 heterocycles. The van der Waals surface area contributed by atoms with E-state index in [9.17, 15) is 0 Å². The van der Waals surface area contributed by atoms with Crippen LogP contribution in [0.5, 0.6) is 0 Å². The largest absolute Gasteiger partial charge is 0.384 e. The highest BCUT2D eigenvalue weighted by molar-refractivity contribution is 5.41. The lowest BCUT2D eigenvalue weighted by Gasteiger charge is -2.16. The third kappa shape index (κ3) is 2.96. The van der Waals surface area contributed by atoms with Crippen LogP contribution in [-0.4, -0.2) is 9.55 Å². The van der Waals surface area contributed by atoms with Crippen molar-refractivity contribution < 1.29 is 0 Å². The van der Waals surface area contributed by atoms with Crippen molar-refractivity contribution in [3.63, 3.8) is 0 Å². The average Bonchev–Trinajstić information content (AvgIpc) is 2.98. The molecule has 1 aliphatic carbocycles. The van der Waals surface area contributed by atoms with Gasteiger partial charge in [0, 0.05) is 18.4 Å². The van der Waals surface area contributed by atoms with Crippen LogP contribution in [0.3, 0.4) is 0 Å². The molecule has 3 nitrogen and oxygen atoms in total. The quantitative estimate of drug-likeness (QED) is 0.861. The minimum atomic E-state index is 0.466. The van der Waals surface area contributed by atoms with E-state index in [1.165, 1.54) is 31.5 Å². The van der Waals surface area contributed by atoms with Crippen LogP contribution in [0.4, 0.5) is 5.82 Å². The smallest absolute Gasteiger partial charge is 0.127 e. The maximum atomic E-state index is 6.40. The molecule has 0 aromatic carbocycles. The van der Waals surface area contributed by atoms with Gasteiger partial charge in [-0.2, -0.15) is 0 Å². The third-order valence-corrected chi connectivity index (χ3v) is 4.41. The van der Waals surface area contributed by atoms with E-state index in [0.717, 1.165) is 24.5 Å². The zero-order valence-electron chi connectivity index (χ0n) is 12.9. The van der Waals surface area contributed by atoms with Crippen molar-refractivity contribution in [3.8, 4) is 0 Å². The van der Waals surface area contributed by atoms with Gasteiger partial charge in [0.2, 0.25) is 0 Å². The van der Waals surface area contributed by atoms with Crippen LogP contribution >= 0.6 is 0 Å². The first-order valence-corrected chi connectivity index (χ1v) is 7.90. The third-order valence-electron chi connectivity index (χ3n) is 4.41. The number of anilines is 1. The summed E-state index contributed by atoms with van der Waals surface area (Å²) < 4.78 is 2.31. The second-order valence-corrected chi connectivity index (χ2v) is 6.54. The zero-order chi connectivity index (χ0) is 14.0. The Morgan fingerprint density at radius 3 is 2.42 bits per heavy atom. The van der Waals surface area contributed by atoms with Gasteiger partial charge in [-0.25, -0.2) is 4.98 Å². The molecule has 1 saturated carbocycles. The molecule has 0 spiro atoms. The molecule has 1 fully saturated rings. The first kappa shape index (κ1) is 14.4. The fourth-order valence-corrected chi connectivity index (χ4v) is 3.11. The number of hydrogen-bond donors (Lipinski definition) is 1. The second-order valence-electron chi connectivity index (χ2n) is 6.54. The lowest BCUT2D eigenvalue weighted by atomic mass is 10.1. The van der Waals surface area contributed by atoms with Crippen LogP contribution in [0.25, 0.3) is 0 Å². The van der Waals surface area contributed by atoms with E-state index in [1.807, 2.05) is 0 Å². The summed E-state index contributed by atoms with van der Waals surface area (Å²) in [6, 6.07) is 0. The minimum absolute atomic E-state index is 0.466. The number of aromatic nitrogens is 2. The topological polar surface area (TPSA) is 43.8 Å². The summed E-state index contributed by atoms with van der Waals surface area (Å²) in [5.74, 6) is 3.90. The van der Waals surface area contributed by atoms with Gasteiger partial charge in [-0.3, -0.25) is 0 Å². The fourth-order valence-electron chi connectivity index (χ4n) is 3.11. The molecule has 1 unspecified atom stereocenters. The van der Waals surface area contributed by atoms with Gasteiger partial charge in [0.1, 0.15) is 11.6 Å². The number of rotatable bonds is 5. The van der Waals surface area contributed by atoms with Gasteiger partial charge >= 0.3 is 0 Å². The highest BCUT2D eigenvalue weighted by Gasteiger charge is 2.26. The minimum Gasteiger partial charge on any atom is -0.384 e. The first-order valence-electron chi connectivity index (χ1n) is 7.90. The van der Waals surface area contributed by atoms with E-state index in [1.54, 1.807) is 0 Å². The molecule has 1 atom stereocenters. The number of imidazole rings is 1. The lowest BCUT2D eigenvalue weighted by Crippen LogP contribution is -2.13. The Morgan fingerprint density at radius 1 is 1.26 bits per heavy atom. The molecule has 2 N–H and O–H groups in total. The van der Waals surface area contributed by atoms with Crippen molar-refractivity contribution in [3.05, 3.63) is 11.5 Å². The Morgan fingerprint density at radius 2 is 1.89 bits per heavy atom. The number of hydrogen-bond acceptors (Lipinski definition) is 2. The molecule has 1 aromatic heterocycles. The van der Waals surface area contributed by atoms with E-state index in [-0.39, 0.29) is 0 Å². The van der Waals surface area contributed by atoms with Crippen LogP contribution in [0.1, 0.15) is 83.2 Å². The van der Waals surface area contributed by atoms with Gasteiger partial charge in [0.05, 0.1) is 5.69 Å². The normalized spacial score (nSPS) is 18.4. The SMILES string of the molecule is CCC(C)c1nc(C2CCCC2)n(CC(C)C)c1N. The van der Waals surface area contributed by atoms with Gasteiger partial charge in [0.25, 0.3) is 0 Å². The number of nitrogens with zero attached hydrogens (tertiary/aromatic N) is 2. The zero-order valence-corrected chi connectivity index (χ0v) is 12.9. The molecule has 0 bridgehead atoms. The Kier molecular flexibility index (Phi) is 4.54. The summed E-state index contributed by atoms with van der Waals surface area (Å²) in [5, 5.41) is 0. The molecular weight excluding hydrogens is 234 g/mol. The highest BCUT2D eigenvalue weighted by atomic mass is 15.1. The van der Waals surface area contributed by atoms with Gasteiger partial charge in [-0.1, -0.05) is 40.5 Å². The van der Waals surface area contributed by atoms with Crippen LogP contribution in [0.2, 0.25) is 0 Å². The monoisotopic (exact) mass is 263 g/mol. The van der Waals surface area contributed by atoms with Crippen molar-refractivity contribution in [2.75, 3.05) is 5.73 Å². The predicted molar refractivity (Wildman–Crippen MR) is 81.4 cm³/mol. The van der Waals surface area contributed by atoms with E-state index in [4.69, 9.17) is 10.7 Å². The maximum absolute atomic E-state index is 6.40. The fraction of sp³-hybridized carbons (Fsp3) is 0.812. The molecule has 108 valence electrons. The van der Waals surface area contributed by atoms with Crippen molar-refractivity contribution in [2.24, 2.45) is 5.92 Å². The van der Waals surface area contributed by atoms with E-state index >= 15 is 0 Å². The molecule has 0 saturated heterocycles. The number of nitrogens with two attached hydrogens (primary N) is 1. The predicted octanol–water partition coefficient (Wildman–Crippen LogP) is 4.29. The summed E-state index contributed by atoms with van der Waals surface area (Å²) >= 11 is 0. The molecule has 0 radical (unpaired) electrons.